The van der Waals surface area contributed by atoms with Crippen molar-refractivity contribution in [3.05, 3.63) is 24.5 Å². The number of amides is 1. The lowest BCUT2D eigenvalue weighted by molar-refractivity contribution is -0.121. The number of halogens is 3. The molecule has 8 heteroatoms. The highest BCUT2D eigenvalue weighted by Gasteiger charge is 2.27. The number of anilines is 1. The van der Waals surface area contributed by atoms with Crippen molar-refractivity contribution in [3.8, 4) is 0 Å². The Bertz CT molecular complexity index is 400. The van der Waals surface area contributed by atoms with Gasteiger partial charge in [-0.3, -0.25) is 9.78 Å². The second-order valence-corrected chi connectivity index (χ2v) is 5.20. The Balaban J connectivity index is -0.000000902. The molecule has 1 amide bonds. The molecule has 1 aliphatic carbocycles. The van der Waals surface area contributed by atoms with Crippen LogP contribution in [0.3, 0.4) is 0 Å². The summed E-state index contributed by atoms with van der Waals surface area (Å²) < 4.78 is 0. The topological polar surface area (TPSA) is 99.5 Å². The molecule has 1 aliphatic rings. The highest BCUT2D eigenvalue weighted by Crippen LogP contribution is 2.30. The van der Waals surface area contributed by atoms with Crippen LogP contribution < -0.4 is 11.1 Å². The van der Waals surface area contributed by atoms with E-state index in [2.05, 4.69) is 17.2 Å². The fourth-order valence-electron chi connectivity index (χ4n) is 2.59. The molecule has 0 aromatic carbocycles. The standard InChI is InChI=1S/C14H21N3O.3ClH.H2O/c1-10(15)11-2-4-12(5-3-11)14(18)17-13-6-8-16-9-7-13;;;;/h6-12H,2-5,15H2,1H3,(H,16,17,18);3*1H;1H2/t10-,11?,12?;;;;/m1..../s1. The molecule has 0 radical (unpaired) electrons. The van der Waals surface area contributed by atoms with Crippen LogP contribution in [0, 0.1) is 11.8 Å². The Morgan fingerprint density at radius 2 is 1.68 bits per heavy atom. The first-order chi connectivity index (χ1) is 8.66. The predicted octanol–water partition coefficient (Wildman–Crippen LogP) is 2.61. The maximum atomic E-state index is 12.1. The fraction of sp³-hybridized carbons (Fsp3) is 0.571. The van der Waals surface area contributed by atoms with Crippen LogP contribution in [0.15, 0.2) is 24.5 Å². The summed E-state index contributed by atoms with van der Waals surface area (Å²) in [7, 11) is 0. The smallest absolute Gasteiger partial charge is 0.227 e. The second-order valence-electron chi connectivity index (χ2n) is 5.20. The van der Waals surface area contributed by atoms with Crippen molar-refractivity contribution in [2.24, 2.45) is 17.6 Å². The average molecular weight is 375 g/mol. The molecule has 0 aliphatic heterocycles. The molecule has 5 nitrogen and oxygen atoms in total. The number of aromatic nitrogens is 1. The predicted molar refractivity (Wildman–Crippen MR) is 97.3 cm³/mol. The van der Waals surface area contributed by atoms with E-state index in [1.54, 1.807) is 12.4 Å². The van der Waals surface area contributed by atoms with E-state index in [1.807, 2.05) is 12.1 Å². The minimum Gasteiger partial charge on any atom is -0.412 e. The summed E-state index contributed by atoms with van der Waals surface area (Å²) in [5.41, 5.74) is 6.73. The molecule has 0 bridgehead atoms. The van der Waals surface area contributed by atoms with Crippen LogP contribution in [-0.4, -0.2) is 22.4 Å². The zero-order valence-electron chi connectivity index (χ0n) is 12.5. The van der Waals surface area contributed by atoms with Gasteiger partial charge in [-0.2, -0.15) is 0 Å². The summed E-state index contributed by atoms with van der Waals surface area (Å²) >= 11 is 0. The van der Waals surface area contributed by atoms with E-state index in [4.69, 9.17) is 5.73 Å². The van der Waals surface area contributed by atoms with Gasteiger partial charge in [0.05, 0.1) is 0 Å². The molecule has 1 fully saturated rings. The normalized spacial score (nSPS) is 20.8. The number of rotatable bonds is 3. The third kappa shape index (κ3) is 7.61. The lowest BCUT2D eigenvalue weighted by Crippen LogP contribution is -2.33. The molecule has 0 unspecified atom stereocenters. The molecule has 130 valence electrons. The van der Waals surface area contributed by atoms with Crippen LogP contribution in [-0.2, 0) is 4.79 Å². The summed E-state index contributed by atoms with van der Waals surface area (Å²) in [6.07, 6.45) is 7.38. The van der Waals surface area contributed by atoms with Crippen LogP contribution >= 0.6 is 37.2 Å². The lowest BCUT2D eigenvalue weighted by Gasteiger charge is -2.29. The molecule has 22 heavy (non-hydrogen) atoms. The van der Waals surface area contributed by atoms with Gasteiger partial charge < -0.3 is 16.5 Å². The number of hydrogen-bond acceptors (Lipinski definition) is 3. The summed E-state index contributed by atoms with van der Waals surface area (Å²) in [5, 5.41) is 2.95. The fourth-order valence-corrected chi connectivity index (χ4v) is 2.59. The van der Waals surface area contributed by atoms with E-state index in [0.717, 1.165) is 31.4 Å². The second kappa shape index (κ2) is 12.9. The van der Waals surface area contributed by atoms with Gasteiger partial charge in [0.2, 0.25) is 5.91 Å². The first kappa shape index (κ1) is 26.3. The zero-order chi connectivity index (χ0) is 13.0. The Kier molecular flexibility index (Phi) is 15.4. The van der Waals surface area contributed by atoms with Crippen molar-refractivity contribution in [2.45, 2.75) is 38.6 Å². The van der Waals surface area contributed by atoms with Crippen LogP contribution in [0.5, 0.6) is 0 Å². The first-order valence-corrected chi connectivity index (χ1v) is 6.63. The average Bonchev–Trinajstić information content (AvgIpc) is 2.40. The van der Waals surface area contributed by atoms with Crippen molar-refractivity contribution >= 4 is 48.8 Å². The maximum Gasteiger partial charge on any atom is 0.227 e. The highest BCUT2D eigenvalue weighted by molar-refractivity contribution is 5.92. The largest absolute Gasteiger partial charge is 0.412 e. The minimum atomic E-state index is 0. The van der Waals surface area contributed by atoms with Gasteiger partial charge in [-0.1, -0.05) is 0 Å². The zero-order valence-corrected chi connectivity index (χ0v) is 15.0. The molecule has 1 aromatic heterocycles. The van der Waals surface area contributed by atoms with Crippen molar-refractivity contribution < 1.29 is 10.3 Å². The van der Waals surface area contributed by atoms with Gasteiger partial charge in [-0.05, 0) is 50.7 Å². The summed E-state index contributed by atoms with van der Waals surface area (Å²) in [5.74, 6) is 0.840. The molecule has 5 N–H and O–H groups in total. The summed E-state index contributed by atoms with van der Waals surface area (Å²) in [6.45, 7) is 2.06. The van der Waals surface area contributed by atoms with E-state index in [0.29, 0.717) is 5.92 Å². The molecule has 1 atom stereocenters. The summed E-state index contributed by atoms with van der Waals surface area (Å²) in [6, 6.07) is 3.87. The van der Waals surface area contributed by atoms with Crippen LogP contribution in [0.4, 0.5) is 5.69 Å². The Hall–Kier alpha value is -0.590. The first-order valence-electron chi connectivity index (χ1n) is 6.63. The third-order valence-electron chi connectivity index (χ3n) is 3.83. The monoisotopic (exact) mass is 373 g/mol. The van der Waals surface area contributed by atoms with Gasteiger partial charge in [0, 0.05) is 30.0 Å². The van der Waals surface area contributed by atoms with E-state index < -0.39 is 0 Å². The molecular formula is C14H26Cl3N3O2. The van der Waals surface area contributed by atoms with E-state index >= 15 is 0 Å². The highest BCUT2D eigenvalue weighted by atomic mass is 35.5. The van der Waals surface area contributed by atoms with Gasteiger partial charge in [0.25, 0.3) is 0 Å². The quantitative estimate of drug-likeness (QED) is 0.850. The number of hydrogen-bond donors (Lipinski definition) is 2. The minimum absolute atomic E-state index is 0. The summed E-state index contributed by atoms with van der Waals surface area (Å²) in [4.78, 5) is 16.0. The van der Waals surface area contributed by atoms with Gasteiger partial charge in [0.1, 0.15) is 0 Å². The van der Waals surface area contributed by atoms with Crippen LogP contribution in [0.1, 0.15) is 32.6 Å². The molecule has 1 aromatic rings. The Morgan fingerprint density at radius 1 is 1.18 bits per heavy atom. The SMILES string of the molecule is C[C@@H](N)C1CCC(C(=O)Nc2ccncc2)CC1.Cl.Cl.Cl.O. The number of pyridine rings is 1. The van der Waals surface area contributed by atoms with Gasteiger partial charge in [-0.15, -0.1) is 37.2 Å². The number of nitrogens with zero attached hydrogens (tertiary/aromatic N) is 1. The Morgan fingerprint density at radius 3 is 2.14 bits per heavy atom. The van der Waals surface area contributed by atoms with Crippen molar-refractivity contribution in [1.82, 2.24) is 4.98 Å². The van der Waals surface area contributed by atoms with Gasteiger partial charge in [0.15, 0.2) is 0 Å². The molecule has 0 spiro atoms. The van der Waals surface area contributed by atoms with Crippen LogP contribution in [0.25, 0.3) is 0 Å². The van der Waals surface area contributed by atoms with E-state index in [9.17, 15) is 4.79 Å². The molecule has 1 heterocycles. The third-order valence-corrected chi connectivity index (χ3v) is 3.83. The van der Waals surface area contributed by atoms with E-state index in [1.165, 1.54) is 0 Å². The number of carbonyl (C=O) groups is 1. The molecule has 1 saturated carbocycles. The van der Waals surface area contributed by atoms with Crippen molar-refractivity contribution in [2.75, 3.05) is 5.32 Å². The molecule has 0 saturated heterocycles. The maximum absolute atomic E-state index is 12.1. The molecule has 2 rings (SSSR count). The lowest BCUT2D eigenvalue weighted by atomic mass is 9.79. The Labute approximate surface area is 150 Å². The number of carbonyl (C=O) groups excluding carboxylic acids is 1. The van der Waals surface area contributed by atoms with Crippen LogP contribution in [0.2, 0.25) is 0 Å². The van der Waals surface area contributed by atoms with Gasteiger partial charge in [-0.25, -0.2) is 0 Å². The number of nitrogens with one attached hydrogen (secondary N) is 1. The molecular weight excluding hydrogens is 349 g/mol. The number of nitrogens with two attached hydrogens (primary N) is 1. The van der Waals surface area contributed by atoms with Crippen molar-refractivity contribution in [3.63, 3.8) is 0 Å². The van der Waals surface area contributed by atoms with E-state index in [-0.39, 0.29) is 60.6 Å². The van der Waals surface area contributed by atoms with Gasteiger partial charge >= 0.3 is 0 Å². The van der Waals surface area contributed by atoms with Crippen molar-refractivity contribution in [1.29, 1.82) is 0 Å².